The van der Waals surface area contributed by atoms with Gasteiger partial charge >= 0.3 is 0 Å². The molecule has 0 aliphatic heterocycles. The smallest absolute Gasteiger partial charge is 0.253 e. The average molecular weight is 621 g/mol. The second kappa shape index (κ2) is 13.8. The van der Waals surface area contributed by atoms with Crippen LogP contribution in [0, 0.1) is 0 Å². The van der Waals surface area contributed by atoms with Crippen molar-refractivity contribution in [3.63, 3.8) is 0 Å². The van der Waals surface area contributed by atoms with Crippen molar-refractivity contribution >= 4 is 22.5 Å². The van der Waals surface area contributed by atoms with E-state index in [1.165, 1.54) is 0 Å². The van der Waals surface area contributed by atoms with E-state index in [-0.39, 0.29) is 5.56 Å². The van der Waals surface area contributed by atoms with E-state index in [9.17, 15) is 4.79 Å². The molecular weight excluding hydrogens is 588 g/mol. The summed E-state index contributed by atoms with van der Waals surface area (Å²) in [6.07, 6.45) is 0.722. The topological polar surface area (TPSA) is 98.2 Å². The fourth-order valence-electron chi connectivity index (χ4n) is 5.53. The minimum atomic E-state index is -0.631. The highest BCUT2D eigenvalue weighted by Gasteiger charge is 2.31. The van der Waals surface area contributed by atoms with Crippen LogP contribution in [-0.4, -0.2) is 44.3 Å². The number of nitrogens with one attached hydrogen (secondary N) is 1. The molecule has 0 saturated heterocycles. The molecule has 4 aromatic carbocycles. The number of fused-ring (bicyclic) bond motifs is 1. The van der Waals surface area contributed by atoms with Crippen molar-refractivity contribution in [2.24, 2.45) is 0 Å². The molecule has 6 aromatic rings. The van der Waals surface area contributed by atoms with Crippen molar-refractivity contribution in [2.75, 3.05) is 14.2 Å². The molecule has 0 radical (unpaired) electrons. The quantitative estimate of drug-likeness (QED) is 0.173. The standard InChI is InChI=1S/C35H33ClN6O3/c1-44-28-14-12-25(13-15-28)22-41(23-26-10-6-7-11-31(26)36)33(30-21-27-20-29(45-2)16-17-32(27)37-35(30)43)34-38-39-40-42(34)19-18-24-8-4-3-5-9-24/h3-17,20-21,33H,18-19,22-23H2,1-2H3,(H,37,43)/t33-/m0/s1. The largest absolute Gasteiger partial charge is 0.497 e. The van der Waals surface area contributed by atoms with E-state index in [1.54, 1.807) is 18.9 Å². The van der Waals surface area contributed by atoms with Crippen LogP contribution in [-0.2, 0) is 26.1 Å². The maximum Gasteiger partial charge on any atom is 0.253 e. The van der Waals surface area contributed by atoms with Gasteiger partial charge in [-0.2, -0.15) is 0 Å². The van der Waals surface area contributed by atoms with Gasteiger partial charge in [-0.25, -0.2) is 4.68 Å². The Kier molecular flexibility index (Phi) is 9.19. The Morgan fingerprint density at radius 2 is 1.58 bits per heavy atom. The summed E-state index contributed by atoms with van der Waals surface area (Å²) in [6.45, 7) is 1.43. The zero-order chi connectivity index (χ0) is 31.2. The van der Waals surface area contributed by atoms with Crippen LogP contribution in [0.1, 0.15) is 34.1 Å². The Bertz CT molecular complexity index is 1940. The molecule has 10 heteroatoms. The molecule has 0 spiro atoms. The molecule has 0 aliphatic rings. The average Bonchev–Trinajstić information content (AvgIpc) is 3.53. The number of aromatic nitrogens is 5. The number of rotatable bonds is 12. The van der Waals surface area contributed by atoms with E-state index in [4.69, 9.17) is 21.1 Å². The summed E-state index contributed by atoms with van der Waals surface area (Å²) in [7, 11) is 3.27. The highest BCUT2D eigenvalue weighted by molar-refractivity contribution is 6.31. The van der Waals surface area contributed by atoms with Crippen molar-refractivity contribution in [2.45, 2.75) is 32.1 Å². The summed E-state index contributed by atoms with van der Waals surface area (Å²) >= 11 is 6.71. The number of nitrogens with zero attached hydrogens (tertiary/aromatic N) is 5. The zero-order valence-electron chi connectivity index (χ0n) is 25.1. The molecular formula is C35H33ClN6O3. The summed E-state index contributed by atoms with van der Waals surface area (Å²) in [5.41, 5.74) is 4.09. The molecule has 0 bridgehead atoms. The van der Waals surface area contributed by atoms with Crippen molar-refractivity contribution in [1.82, 2.24) is 30.1 Å². The zero-order valence-corrected chi connectivity index (χ0v) is 25.8. The fourth-order valence-corrected chi connectivity index (χ4v) is 5.72. The Morgan fingerprint density at radius 3 is 2.33 bits per heavy atom. The van der Waals surface area contributed by atoms with Crippen LogP contribution in [0.5, 0.6) is 11.5 Å². The van der Waals surface area contributed by atoms with Crippen molar-refractivity contribution < 1.29 is 9.47 Å². The monoisotopic (exact) mass is 620 g/mol. The molecule has 0 unspecified atom stereocenters. The van der Waals surface area contributed by atoms with Gasteiger partial charge < -0.3 is 14.5 Å². The number of aryl methyl sites for hydroxylation is 2. The molecule has 45 heavy (non-hydrogen) atoms. The summed E-state index contributed by atoms with van der Waals surface area (Å²) < 4.78 is 12.7. The van der Waals surface area contributed by atoms with Crippen LogP contribution in [0.4, 0.5) is 0 Å². The number of hydrogen-bond acceptors (Lipinski definition) is 7. The van der Waals surface area contributed by atoms with Crippen molar-refractivity contribution in [3.8, 4) is 11.5 Å². The molecule has 1 N–H and O–H groups in total. The molecule has 1 atom stereocenters. The van der Waals surface area contributed by atoms with Crippen LogP contribution >= 0.6 is 11.6 Å². The van der Waals surface area contributed by atoms with Crippen LogP contribution in [0.15, 0.2) is 108 Å². The third kappa shape index (κ3) is 6.90. The van der Waals surface area contributed by atoms with Crippen molar-refractivity contribution in [3.05, 3.63) is 147 Å². The highest BCUT2D eigenvalue weighted by Crippen LogP contribution is 2.32. The minimum absolute atomic E-state index is 0.228. The first-order valence-electron chi connectivity index (χ1n) is 14.6. The van der Waals surface area contributed by atoms with E-state index in [2.05, 4.69) is 37.5 Å². The number of halogens is 1. The molecule has 228 valence electrons. The Balaban J connectivity index is 1.50. The lowest BCUT2D eigenvalue weighted by atomic mass is 10.0. The van der Waals surface area contributed by atoms with Gasteiger partial charge in [-0.05, 0) is 76.0 Å². The molecule has 6 rings (SSSR count). The molecule has 0 saturated carbocycles. The predicted molar refractivity (Wildman–Crippen MR) is 175 cm³/mol. The van der Waals surface area contributed by atoms with Gasteiger partial charge in [-0.3, -0.25) is 9.69 Å². The molecule has 0 aliphatic carbocycles. The lowest BCUT2D eigenvalue weighted by Gasteiger charge is -2.31. The number of benzene rings is 4. The first-order chi connectivity index (χ1) is 22.0. The third-order valence-corrected chi connectivity index (χ3v) is 8.24. The number of aromatic amines is 1. The van der Waals surface area contributed by atoms with Gasteiger partial charge in [0.2, 0.25) is 0 Å². The number of tetrazole rings is 1. The molecule has 0 fully saturated rings. The van der Waals surface area contributed by atoms with Crippen LogP contribution in [0.3, 0.4) is 0 Å². The lowest BCUT2D eigenvalue weighted by molar-refractivity contribution is 0.193. The molecule has 9 nitrogen and oxygen atoms in total. The minimum Gasteiger partial charge on any atom is -0.497 e. The maximum absolute atomic E-state index is 13.9. The predicted octanol–water partition coefficient (Wildman–Crippen LogP) is 6.22. The van der Waals surface area contributed by atoms with Gasteiger partial charge in [0, 0.05) is 41.1 Å². The SMILES string of the molecule is COc1ccc(CN(Cc2ccccc2Cl)[C@@H](c2cc3cc(OC)ccc3[nH]c2=O)c2nnnn2CCc2ccccc2)cc1. The number of methoxy groups -OCH3 is 2. The maximum atomic E-state index is 13.9. The Labute approximate surface area is 266 Å². The van der Waals surface area contributed by atoms with Gasteiger partial charge in [0.25, 0.3) is 5.56 Å². The highest BCUT2D eigenvalue weighted by atomic mass is 35.5. The van der Waals surface area contributed by atoms with Crippen LogP contribution in [0.25, 0.3) is 10.9 Å². The van der Waals surface area contributed by atoms with Gasteiger partial charge in [-0.15, -0.1) is 5.10 Å². The number of H-pyrrole nitrogens is 1. The summed E-state index contributed by atoms with van der Waals surface area (Å²) in [6, 6.07) is 32.7. The van der Waals surface area contributed by atoms with E-state index in [0.717, 1.165) is 34.2 Å². The van der Waals surface area contributed by atoms with E-state index in [1.807, 2.05) is 91.0 Å². The first kappa shape index (κ1) is 30.1. The Morgan fingerprint density at radius 1 is 0.844 bits per heavy atom. The Hall–Kier alpha value is -4.99. The van der Waals surface area contributed by atoms with E-state index >= 15 is 0 Å². The van der Waals surface area contributed by atoms with Crippen LogP contribution < -0.4 is 15.0 Å². The summed E-state index contributed by atoms with van der Waals surface area (Å²) in [4.78, 5) is 19.2. The number of ether oxygens (including phenoxy) is 2. The van der Waals surface area contributed by atoms with E-state index in [0.29, 0.717) is 47.3 Å². The van der Waals surface area contributed by atoms with Gasteiger partial charge in [-0.1, -0.05) is 72.3 Å². The molecule has 2 aromatic heterocycles. The van der Waals surface area contributed by atoms with Crippen molar-refractivity contribution in [1.29, 1.82) is 0 Å². The molecule has 2 heterocycles. The fraction of sp³-hybridized carbons (Fsp3) is 0.200. The second-order valence-corrected chi connectivity index (χ2v) is 11.2. The number of pyridine rings is 1. The van der Waals surface area contributed by atoms with E-state index < -0.39 is 6.04 Å². The van der Waals surface area contributed by atoms with Gasteiger partial charge in [0.1, 0.15) is 17.5 Å². The third-order valence-electron chi connectivity index (χ3n) is 7.88. The second-order valence-electron chi connectivity index (χ2n) is 10.7. The summed E-state index contributed by atoms with van der Waals surface area (Å²) in [5, 5.41) is 14.5. The normalized spacial score (nSPS) is 12.0. The van der Waals surface area contributed by atoms with Gasteiger partial charge in [0.15, 0.2) is 5.82 Å². The number of hydrogen-bond donors (Lipinski definition) is 1. The van der Waals surface area contributed by atoms with Gasteiger partial charge in [0.05, 0.1) is 14.2 Å². The van der Waals surface area contributed by atoms with Crippen LogP contribution in [0.2, 0.25) is 5.02 Å². The molecule has 0 amide bonds. The lowest BCUT2D eigenvalue weighted by Crippen LogP contribution is -2.35. The summed E-state index contributed by atoms with van der Waals surface area (Å²) in [5.74, 6) is 2.01. The first-order valence-corrected chi connectivity index (χ1v) is 15.0.